The quantitative estimate of drug-likeness (QED) is 0.121. The third kappa shape index (κ3) is 10.9. The van der Waals surface area contributed by atoms with Gasteiger partial charge in [0, 0.05) is 0 Å². The number of nitrogens with zero attached hydrogens (tertiary/aromatic N) is 4. The molecule has 2 aliphatic rings. The van der Waals surface area contributed by atoms with Gasteiger partial charge in [-0.1, -0.05) is 39.5 Å². The average Bonchev–Trinajstić information content (AvgIpc) is 3.45. The molecule has 276 valence electrons. The fourth-order valence-corrected chi connectivity index (χ4v) is 9.81. The summed E-state index contributed by atoms with van der Waals surface area (Å²) in [5, 5.41) is 6.11. The Hall–Kier alpha value is -2.60. The van der Waals surface area contributed by atoms with Gasteiger partial charge in [0.25, 0.3) is 0 Å². The van der Waals surface area contributed by atoms with E-state index in [0.29, 0.717) is 29.5 Å². The molecular weight excluding hydrogens is 645 g/mol. The van der Waals surface area contributed by atoms with Crippen molar-refractivity contribution in [3.63, 3.8) is 0 Å². The largest absolute Gasteiger partial charge is 0.461 e. The normalized spacial score (nSPS) is 23.9. The van der Waals surface area contributed by atoms with E-state index in [2.05, 4.69) is 39.0 Å². The maximum absolute atomic E-state index is 14.8. The van der Waals surface area contributed by atoms with Crippen LogP contribution in [0.4, 0.5) is 5.82 Å². The molecule has 2 aromatic heterocycles. The van der Waals surface area contributed by atoms with Gasteiger partial charge in [0.1, 0.15) is 41.5 Å². The number of hydrogen-bond acceptors (Lipinski definition) is 10. The van der Waals surface area contributed by atoms with Crippen molar-refractivity contribution >= 4 is 36.4 Å². The van der Waals surface area contributed by atoms with Gasteiger partial charge in [0.15, 0.2) is 11.5 Å². The van der Waals surface area contributed by atoms with Gasteiger partial charge in [0.2, 0.25) is 7.44 Å². The number of hydrogen-bond donors (Lipinski definition) is 3. The van der Waals surface area contributed by atoms with Crippen molar-refractivity contribution in [2.45, 2.75) is 161 Å². The highest BCUT2D eigenvalue weighted by atomic mass is 31.2. The van der Waals surface area contributed by atoms with Crippen LogP contribution in [0.2, 0.25) is 0 Å². The van der Waals surface area contributed by atoms with Crippen LogP contribution in [-0.2, 0) is 34.9 Å². The standard InChI is InChI=1S/C35H60N7O6P/c1-8-10-25-12-16-27(17-13-25)47-32(43)34(4,5)40-49(45,23-46-24(3)20-42-22-39-29-30(36)37-21-38-31(29)42)41-35(6,7)33(44)48-28-18-14-26(11-9-2)15-19-28/h21-22,24-28H,8-20,23H2,1-7H3,(H2,36,37,38)(H2,40,41,45)/t24-,25?,26?,27?,28?,49?/m1/s1. The van der Waals surface area contributed by atoms with Gasteiger partial charge in [-0.2, -0.15) is 0 Å². The summed E-state index contributed by atoms with van der Waals surface area (Å²) in [6.45, 7) is 13.2. The summed E-state index contributed by atoms with van der Waals surface area (Å²) < 4.78 is 34.7. The number of carbonyl (C=O) groups is 2. The highest BCUT2D eigenvalue weighted by molar-refractivity contribution is 7.59. The van der Waals surface area contributed by atoms with E-state index in [4.69, 9.17) is 19.9 Å². The van der Waals surface area contributed by atoms with Crippen LogP contribution in [-0.4, -0.2) is 67.2 Å². The number of nitrogens with one attached hydrogen (secondary N) is 2. The third-order valence-electron chi connectivity index (χ3n) is 9.89. The molecule has 2 fully saturated rings. The summed E-state index contributed by atoms with van der Waals surface area (Å²) in [5.74, 6) is 0.642. The van der Waals surface area contributed by atoms with Gasteiger partial charge < -0.3 is 24.5 Å². The van der Waals surface area contributed by atoms with E-state index >= 15 is 0 Å². The molecule has 2 aromatic rings. The summed E-state index contributed by atoms with van der Waals surface area (Å²) in [7, 11) is -3.81. The van der Waals surface area contributed by atoms with Crippen molar-refractivity contribution in [2.24, 2.45) is 11.8 Å². The number of rotatable bonds is 17. The van der Waals surface area contributed by atoms with E-state index in [1.807, 2.05) is 6.92 Å². The first-order valence-corrected chi connectivity index (χ1v) is 20.2. The highest BCUT2D eigenvalue weighted by Gasteiger charge is 2.44. The van der Waals surface area contributed by atoms with Crippen LogP contribution in [0.15, 0.2) is 12.7 Å². The number of esters is 2. The molecule has 49 heavy (non-hydrogen) atoms. The van der Waals surface area contributed by atoms with Gasteiger partial charge >= 0.3 is 11.9 Å². The Balaban J connectivity index is 1.45. The molecule has 0 saturated heterocycles. The molecule has 2 heterocycles. The lowest BCUT2D eigenvalue weighted by molar-refractivity contribution is -0.157. The van der Waals surface area contributed by atoms with Crippen LogP contribution in [0.3, 0.4) is 0 Å². The van der Waals surface area contributed by atoms with Crippen molar-refractivity contribution < 1.29 is 28.4 Å². The summed E-state index contributed by atoms with van der Waals surface area (Å²) in [5.41, 5.74) is 4.31. The zero-order valence-corrected chi connectivity index (χ0v) is 31.6. The third-order valence-corrected chi connectivity index (χ3v) is 12.2. The fourth-order valence-electron chi connectivity index (χ4n) is 7.17. The number of aromatic nitrogens is 4. The van der Waals surface area contributed by atoms with Crippen molar-refractivity contribution in [2.75, 3.05) is 12.1 Å². The molecule has 0 unspecified atom stereocenters. The minimum Gasteiger partial charge on any atom is -0.461 e. The Kier molecular flexibility index (Phi) is 13.7. The van der Waals surface area contributed by atoms with Crippen LogP contribution in [0.1, 0.15) is 126 Å². The summed E-state index contributed by atoms with van der Waals surface area (Å²) in [6.07, 6.45) is 14.0. The highest BCUT2D eigenvalue weighted by Crippen LogP contribution is 2.43. The number of nitrogens with two attached hydrogens (primary N) is 1. The zero-order valence-electron chi connectivity index (χ0n) is 30.7. The molecule has 1 atom stereocenters. The molecule has 2 aliphatic carbocycles. The smallest absolute Gasteiger partial charge is 0.326 e. The van der Waals surface area contributed by atoms with E-state index < -0.39 is 36.6 Å². The molecule has 4 rings (SSSR count). The predicted molar refractivity (Wildman–Crippen MR) is 191 cm³/mol. The first kappa shape index (κ1) is 39.2. The second-order valence-corrected chi connectivity index (χ2v) is 17.5. The van der Waals surface area contributed by atoms with Gasteiger partial charge in [-0.15, -0.1) is 0 Å². The Morgan fingerprint density at radius 3 is 1.84 bits per heavy atom. The molecular formula is C35H60N7O6P. The fraction of sp³-hybridized carbons (Fsp3) is 0.800. The minimum atomic E-state index is -3.81. The van der Waals surface area contributed by atoms with Crippen molar-refractivity contribution in [1.29, 1.82) is 0 Å². The number of carbonyl (C=O) groups excluding carboxylic acids is 2. The van der Waals surface area contributed by atoms with Gasteiger partial charge in [-0.05, 0) is 97.8 Å². The van der Waals surface area contributed by atoms with E-state index in [1.165, 1.54) is 19.2 Å². The Labute approximate surface area is 292 Å². The Bertz CT molecular complexity index is 1370. The van der Waals surface area contributed by atoms with E-state index in [9.17, 15) is 14.2 Å². The van der Waals surface area contributed by atoms with Crippen LogP contribution in [0.5, 0.6) is 0 Å². The topological polar surface area (TPSA) is 173 Å². The molecule has 13 nitrogen and oxygen atoms in total. The molecule has 0 radical (unpaired) electrons. The molecule has 0 bridgehead atoms. The number of imidazole rings is 1. The number of anilines is 1. The van der Waals surface area contributed by atoms with Crippen LogP contribution in [0, 0.1) is 11.8 Å². The molecule has 0 amide bonds. The molecule has 0 spiro atoms. The maximum Gasteiger partial charge on any atom is 0.326 e. The first-order chi connectivity index (χ1) is 23.1. The van der Waals surface area contributed by atoms with Gasteiger partial charge in [0.05, 0.1) is 19.0 Å². The van der Waals surface area contributed by atoms with Crippen molar-refractivity contribution in [3.05, 3.63) is 12.7 Å². The van der Waals surface area contributed by atoms with Crippen molar-refractivity contribution in [1.82, 2.24) is 29.7 Å². The first-order valence-electron chi connectivity index (χ1n) is 18.3. The maximum atomic E-state index is 14.8. The second-order valence-electron chi connectivity index (χ2n) is 15.3. The summed E-state index contributed by atoms with van der Waals surface area (Å²) in [6, 6.07) is 0. The van der Waals surface area contributed by atoms with Crippen LogP contribution >= 0.6 is 7.44 Å². The van der Waals surface area contributed by atoms with Crippen molar-refractivity contribution in [3.8, 4) is 0 Å². The van der Waals surface area contributed by atoms with Gasteiger partial charge in [-0.3, -0.25) is 14.2 Å². The number of nitrogen functional groups attached to an aromatic ring is 1. The van der Waals surface area contributed by atoms with Crippen LogP contribution < -0.4 is 15.9 Å². The monoisotopic (exact) mass is 705 g/mol. The second kappa shape index (κ2) is 17.1. The predicted octanol–water partition coefficient (Wildman–Crippen LogP) is 6.50. The number of ether oxygens (including phenoxy) is 3. The number of fused-ring (bicyclic) bond motifs is 1. The minimum absolute atomic E-state index is 0.174. The lowest BCUT2D eigenvalue weighted by Gasteiger charge is -2.37. The Morgan fingerprint density at radius 2 is 1.37 bits per heavy atom. The zero-order chi connectivity index (χ0) is 35.8. The van der Waals surface area contributed by atoms with E-state index in [1.54, 1.807) is 38.6 Å². The van der Waals surface area contributed by atoms with Crippen LogP contribution in [0.25, 0.3) is 11.2 Å². The molecule has 0 aliphatic heterocycles. The SMILES string of the molecule is CCCC1CCC(OC(=O)C(C)(C)NP(=O)(CO[C@H](C)Cn2cnc3c(N)ncnc32)NC(C)(C)C(=O)OC2CCC(CCC)CC2)CC1. The average molecular weight is 706 g/mol. The van der Waals surface area contributed by atoms with E-state index in [0.717, 1.165) is 64.2 Å². The molecule has 0 aromatic carbocycles. The lowest BCUT2D eigenvalue weighted by atomic mass is 9.84. The summed E-state index contributed by atoms with van der Waals surface area (Å²) in [4.78, 5) is 39.7. The molecule has 14 heteroatoms. The van der Waals surface area contributed by atoms with E-state index in [-0.39, 0.29) is 24.4 Å². The summed E-state index contributed by atoms with van der Waals surface area (Å²) >= 11 is 0. The van der Waals surface area contributed by atoms with Gasteiger partial charge in [-0.25, -0.2) is 25.1 Å². The lowest BCUT2D eigenvalue weighted by Crippen LogP contribution is -2.54. The molecule has 2 saturated carbocycles. The Morgan fingerprint density at radius 1 is 0.878 bits per heavy atom. The molecule has 4 N–H and O–H groups in total.